The molecule has 20 heavy (non-hydrogen) atoms. The fraction of sp³-hybridized carbons (Fsp3) is 0.133. The largest absolute Gasteiger partial charge is 0.479 e. The Morgan fingerprint density at radius 1 is 1.25 bits per heavy atom. The lowest BCUT2D eigenvalue weighted by atomic mass is 10.2. The van der Waals surface area contributed by atoms with E-state index in [2.05, 4.69) is 5.32 Å². The molecular weight excluding hydrogens is 279 g/mol. The minimum absolute atomic E-state index is 0.00470. The van der Waals surface area contributed by atoms with Crippen molar-refractivity contribution in [2.24, 2.45) is 0 Å². The van der Waals surface area contributed by atoms with E-state index >= 15 is 0 Å². The third-order valence-electron chi connectivity index (χ3n) is 2.64. The van der Waals surface area contributed by atoms with Crippen LogP contribution in [0, 0.1) is 17.1 Å². The van der Waals surface area contributed by atoms with Crippen LogP contribution in [-0.2, 0) is 6.54 Å². The van der Waals surface area contributed by atoms with Gasteiger partial charge in [0, 0.05) is 28.9 Å². The Morgan fingerprint density at radius 3 is 2.85 bits per heavy atom. The first-order chi connectivity index (χ1) is 9.69. The highest BCUT2D eigenvalue weighted by atomic mass is 35.5. The molecule has 1 N–H and O–H groups in total. The van der Waals surface area contributed by atoms with Crippen molar-refractivity contribution in [3.05, 3.63) is 58.9 Å². The van der Waals surface area contributed by atoms with Crippen molar-refractivity contribution in [1.29, 1.82) is 5.26 Å². The van der Waals surface area contributed by atoms with E-state index in [-0.39, 0.29) is 12.4 Å². The molecule has 2 aromatic rings. The molecule has 2 rings (SSSR count). The van der Waals surface area contributed by atoms with Crippen LogP contribution in [0.15, 0.2) is 42.5 Å². The molecule has 0 spiro atoms. The lowest BCUT2D eigenvalue weighted by molar-refractivity contribution is 0.368. The quantitative estimate of drug-likeness (QED) is 0.905. The molecule has 2 aromatic carbocycles. The zero-order valence-corrected chi connectivity index (χ0v) is 11.3. The third-order valence-corrected chi connectivity index (χ3v) is 2.87. The summed E-state index contributed by atoms with van der Waals surface area (Å²) < 4.78 is 18.8. The normalized spacial score (nSPS) is 9.85. The van der Waals surface area contributed by atoms with E-state index in [9.17, 15) is 4.39 Å². The zero-order valence-electron chi connectivity index (χ0n) is 10.6. The highest BCUT2D eigenvalue weighted by Gasteiger charge is 2.03. The number of nitrogens with one attached hydrogen (secondary N) is 1. The maximum atomic E-state index is 13.6. The van der Waals surface area contributed by atoms with E-state index < -0.39 is 0 Å². The van der Waals surface area contributed by atoms with Crippen LogP contribution in [0.1, 0.15) is 5.56 Å². The van der Waals surface area contributed by atoms with Crippen LogP contribution in [0.25, 0.3) is 0 Å². The van der Waals surface area contributed by atoms with Gasteiger partial charge in [0.05, 0.1) is 0 Å². The molecule has 0 aliphatic carbocycles. The summed E-state index contributed by atoms with van der Waals surface area (Å²) in [5, 5.41) is 11.9. The van der Waals surface area contributed by atoms with Crippen LogP contribution in [0.3, 0.4) is 0 Å². The van der Waals surface area contributed by atoms with Crippen molar-refractivity contribution in [3.8, 4) is 11.8 Å². The summed E-state index contributed by atoms with van der Waals surface area (Å²) in [6.45, 7) is 0.333. The fourth-order valence-electron chi connectivity index (χ4n) is 1.67. The number of anilines is 1. The van der Waals surface area contributed by atoms with Gasteiger partial charge in [0.15, 0.2) is 6.61 Å². The Labute approximate surface area is 121 Å². The van der Waals surface area contributed by atoms with E-state index in [0.717, 1.165) is 5.69 Å². The van der Waals surface area contributed by atoms with Gasteiger partial charge < -0.3 is 10.1 Å². The number of halogens is 2. The summed E-state index contributed by atoms with van der Waals surface area (Å²) in [5.41, 5.74) is 1.31. The monoisotopic (exact) mass is 290 g/mol. The second-order valence-electron chi connectivity index (χ2n) is 4.06. The third kappa shape index (κ3) is 3.87. The summed E-state index contributed by atoms with van der Waals surface area (Å²) in [4.78, 5) is 0. The molecule has 3 nitrogen and oxygen atoms in total. The van der Waals surface area contributed by atoms with Crippen molar-refractivity contribution in [3.63, 3.8) is 0 Å². The van der Waals surface area contributed by atoms with Gasteiger partial charge in [-0.25, -0.2) is 4.39 Å². The lowest BCUT2D eigenvalue weighted by Crippen LogP contribution is -2.02. The molecule has 0 aromatic heterocycles. The van der Waals surface area contributed by atoms with E-state index in [0.29, 0.717) is 22.9 Å². The highest BCUT2D eigenvalue weighted by Crippen LogP contribution is 2.19. The second kappa shape index (κ2) is 6.78. The number of nitriles is 1. The minimum Gasteiger partial charge on any atom is -0.479 e. The van der Waals surface area contributed by atoms with Crippen LogP contribution in [0.5, 0.6) is 5.75 Å². The molecule has 0 aliphatic rings. The highest BCUT2D eigenvalue weighted by molar-refractivity contribution is 6.30. The molecule has 0 unspecified atom stereocenters. The standard InChI is InChI=1S/C15H12ClFN2O/c16-12-5-4-11(15(17)8-12)10-19-13-2-1-3-14(9-13)20-7-6-18/h1-5,8-9,19H,7,10H2. The van der Waals surface area contributed by atoms with Crippen molar-refractivity contribution < 1.29 is 9.13 Å². The Kier molecular flexibility index (Phi) is 4.80. The van der Waals surface area contributed by atoms with Gasteiger partial charge in [-0.05, 0) is 24.3 Å². The number of nitrogens with zero attached hydrogens (tertiary/aromatic N) is 1. The number of hydrogen-bond acceptors (Lipinski definition) is 3. The van der Waals surface area contributed by atoms with E-state index in [1.165, 1.54) is 6.07 Å². The van der Waals surface area contributed by atoms with E-state index in [1.807, 2.05) is 12.1 Å². The molecule has 0 atom stereocenters. The first-order valence-corrected chi connectivity index (χ1v) is 6.34. The molecule has 0 fully saturated rings. The van der Waals surface area contributed by atoms with Crippen molar-refractivity contribution in [2.45, 2.75) is 6.54 Å². The Balaban J connectivity index is 2.01. The number of hydrogen-bond donors (Lipinski definition) is 1. The Hall–Kier alpha value is -2.25. The number of benzene rings is 2. The molecule has 0 amide bonds. The van der Waals surface area contributed by atoms with Gasteiger partial charge in [0.1, 0.15) is 17.6 Å². The van der Waals surface area contributed by atoms with Crippen molar-refractivity contribution in [2.75, 3.05) is 11.9 Å². The Morgan fingerprint density at radius 2 is 2.10 bits per heavy atom. The number of ether oxygens (including phenoxy) is 1. The first-order valence-electron chi connectivity index (χ1n) is 5.96. The molecule has 5 heteroatoms. The predicted octanol–water partition coefficient (Wildman–Crippen LogP) is 3.99. The predicted molar refractivity (Wildman–Crippen MR) is 76.3 cm³/mol. The summed E-state index contributed by atoms with van der Waals surface area (Å²) in [7, 11) is 0. The summed E-state index contributed by atoms with van der Waals surface area (Å²) in [5.74, 6) is 0.245. The van der Waals surface area contributed by atoms with Crippen molar-refractivity contribution in [1.82, 2.24) is 0 Å². The molecular formula is C15H12ClFN2O. The zero-order chi connectivity index (χ0) is 14.4. The topological polar surface area (TPSA) is 45.0 Å². The molecule has 0 bridgehead atoms. The van der Waals surface area contributed by atoms with Gasteiger partial charge in [-0.3, -0.25) is 0 Å². The lowest BCUT2D eigenvalue weighted by Gasteiger charge is -2.09. The summed E-state index contributed by atoms with van der Waals surface area (Å²) in [6.07, 6.45) is 0. The van der Waals surface area contributed by atoms with Crippen LogP contribution < -0.4 is 10.1 Å². The van der Waals surface area contributed by atoms with Gasteiger partial charge in [-0.15, -0.1) is 0 Å². The molecule has 102 valence electrons. The molecule has 0 aliphatic heterocycles. The SMILES string of the molecule is N#CCOc1cccc(NCc2ccc(Cl)cc2F)c1. The van der Waals surface area contributed by atoms with Crippen LogP contribution in [0.4, 0.5) is 10.1 Å². The van der Waals surface area contributed by atoms with Crippen LogP contribution in [-0.4, -0.2) is 6.61 Å². The van der Waals surface area contributed by atoms with Gasteiger partial charge in [0.2, 0.25) is 0 Å². The van der Waals surface area contributed by atoms with Crippen LogP contribution >= 0.6 is 11.6 Å². The second-order valence-corrected chi connectivity index (χ2v) is 4.50. The van der Waals surface area contributed by atoms with Gasteiger partial charge in [-0.1, -0.05) is 23.7 Å². The molecule has 0 saturated carbocycles. The van der Waals surface area contributed by atoms with E-state index in [4.69, 9.17) is 21.6 Å². The van der Waals surface area contributed by atoms with E-state index in [1.54, 1.807) is 30.3 Å². The van der Waals surface area contributed by atoms with Crippen LogP contribution in [0.2, 0.25) is 5.02 Å². The molecule has 0 saturated heterocycles. The average molecular weight is 291 g/mol. The maximum Gasteiger partial charge on any atom is 0.174 e. The van der Waals surface area contributed by atoms with Gasteiger partial charge >= 0.3 is 0 Å². The number of rotatable bonds is 5. The minimum atomic E-state index is -0.345. The van der Waals surface area contributed by atoms with Gasteiger partial charge in [0.25, 0.3) is 0 Å². The average Bonchev–Trinajstić information content (AvgIpc) is 2.45. The first kappa shape index (κ1) is 14.2. The smallest absolute Gasteiger partial charge is 0.174 e. The molecule has 0 heterocycles. The maximum absolute atomic E-state index is 13.6. The molecule has 0 radical (unpaired) electrons. The Bertz CT molecular complexity index is 640. The summed E-state index contributed by atoms with van der Waals surface area (Å²) >= 11 is 5.70. The fourth-order valence-corrected chi connectivity index (χ4v) is 1.83. The van der Waals surface area contributed by atoms with Gasteiger partial charge in [-0.2, -0.15) is 5.26 Å². The summed E-state index contributed by atoms with van der Waals surface area (Å²) in [6, 6.07) is 13.6. The van der Waals surface area contributed by atoms with Crippen molar-refractivity contribution >= 4 is 17.3 Å².